The molecule has 0 aromatic heterocycles. The van der Waals surface area contributed by atoms with E-state index in [4.69, 9.17) is 0 Å². The van der Waals surface area contributed by atoms with Gasteiger partial charge in [0.15, 0.2) is 0 Å². The van der Waals surface area contributed by atoms with E-state index in [0.717, 1.165) is 35.2 Å². The van der Waals surface area contributed by atoms with Crippen LogP contribution in [0.4, 0.5) is 0 Å². The van der Waals surface area contributed by atoms with Crippen molar-refractivity contribution in [2.75, 3.05) is 0 Å². The third-order valence-electron chi connectivity index (χ3n) is 6.36. The Hall–Kier alpha value is -1.16. The zero-order valence-corrected chi connectivity index (χ0v) is 16.0. The zero-order valence-electron chi connectivity index (χ0n) is 14.4. The molecule has 0 spiro atoms. The van der Waals surface area contributed by atoms with Crippen LogP contribution in [0.3, 0.4) is 0 Å². The summed E-state index contributed by atoms with van der Waals surface area (Å²) >= 11 is 3.42. The first-order valence-corrected chi connectivity index (χ1v) is 9.68. The normalized spacial score (nSPS) is 40.2. The number of benzene rings is 1. The van der Waals surface area contributed by atoms with Crippen LogP contribution in [0.5, 0.6) is 0 Å². The lowest BCUT2D eigenvalue weighted by molar-refractivity contribution is -0.170. The van der Waals surface area contributed by atoms with E-state index in [1.165, 1.54) is 19.3 Å². The molecule has 4 heteroatoms. The second kappa shape index (κ2) is 5.42. The molecule has 4 aliphatic carbocycles. The zero-order chi connectivity index (χ0) is 17.0. The minimum atomic E-state index is -0.194. The lowest BCUT2D eigenvalue weighted by Crippen LogP contribution is -2.59. The maximum Gasteiger partial charge on any atom is 0.246 e. The molecule has 0 heterocycles. The number of amides is 1. The fourth-order valence-electron chi connectivity index (χ4n) is 6.53. The van der Waals surface area contributed by atoms with Crippen LogP contribution in [0, 0.1) is 22.2 Å². The van der Waals surface area contributed by atoms with E-state index in [1.807, 2.05) is 24.3 Å². The van der Waals surface area contributed by atoms with Crippen LogP contribution in [0.15, 0.2) is 33.8 Å². The minimum Gasteiger partial charge on any atom is -0.273 e. The van der Waals surface area contributed by atoms with E-state index in [0.29, 0.717) is 10.8 Å². The number of carbonyl (C=O) groups is 1. The number of carbonyl (C=O) groups excluding carboxylic acids is 1. The summed E-state index contributed by atoms with van der Waals surface area (Å²) in [5.41, 5.74) is 4.35. The second-order valence-corrected chi connectivity index (χ2v) is 10.1. The minimum absolute atomic E-state index is 0.136. The second-order valence-electron chi connectivity index (χ2n) is 9.16. The van der Waals surface area contributed by atoms with Crippen molar-refractivity contribution in [1.82, 2.24) is 5.43 Å². The number of hydrogen-bond donors (Lipinski definition) is 1. The van der Waals surface area contributed by atoms with E-state index in [1.54, 1.807) is 6.21 Å². The highest BCUT2D eigenvalue weighted by molar-refractivity contribution is 9.10. The summed E-state index contributed by atoms with van der Waals surface area (Å²) in [5.74, 6) is 0.856. The molecule has 4 fully saturated rings. The molecule has 0 radical (unpaired) electrons. The first-order valence-electron chi connectivity index (χ1n) is 8.89. The molecule has 128 valence electrons. The Bertz CT molecular complexity index is 678. The van der Waals surface area contributed by atoms with Gasteiger partial charge in [-0.3, -0.25) is 4.79 Å². The van der Waals surface area contributed by atoms with Gasteiger partial charge in [-0.25, -0.2) is 5.43 Å². The van der Waals surface area contributed by atoms with Crippen molar-refractivity contribution in [1.29, 1.82) is 0 Å². The van der Waals surface area contributed by atoms with Gasteiger partial charge in [0, 0.05) is 4.47 Å². The summed E-state index contributed by atoms with van der Waals surface area (Å²) in [6, 6.07) is 7.91. The molecule has 4 bridgehead atoms. The predicted molar refractivity (Wildman–Crippen MR) is 99.7 cm³/mol. The van der Waals surface area contributed by atoms with Gasteiger partial charge in [0.25, 0.3) is 0 Å². The van der Waals surface area contributed by atoms with E-state index >= 15 is 0 Å². The first-order chi connectivity index (χ1) is 11.3. The molecule has 4 atom stereocenters. The highest BCUT2D eigenvalue weighted by Crippen LogP contribution is 2.69. The maximum atomic E-state index is 13.0. The standard InChI is InChI=1S/C20H25BrN2O/c1-18-7-15-8-19(2,11-18)13-20(9-15,12-18)17(24)23-22-10-14-3-5-16(21)6-4-14/h3-6,10,15H,7-9,11-13H2,1-2H3,(H,23,24)/b22-10-/t15?,18-,19+,20?. The Labute approximate surface area is 152 Å². The van der Waals surface area contributed by atoms with Crippen molar-refractivity contribution in [3.8, 4) is 0 Å². The Morgan fingerprint density at radius 1 is 1.12 bits per heavy atom. The summed E-state index contributed by atoms with van der Waals surface area (Å²) < 4.78 is 1.04. The number of rotatable bonds is 3. The van der Waals surface area contributed by atoms with Crippen LogP contribution in [0.1, 0.15) is 57.9 Å². The molecule has 4 aliphatic rings. The summed E-state index contributed by atoms with van der Waals surface area (Å²) in [6.07, 6.45) is 8.75. The van der Waals surface area contributed by atoms with Crippen LogP contribution in [-0.2, 0) is 4.79 Å². The number of halogens is 1. The number of hydrogen-bond acceptors (Lipinski definition) is 2. The van der Waals surface area contributed by atoms with Crippen LogP contribution < -0.4 is 5.43 Å². The third-order valence-corrected chi connectivity index (χ3v) is 6.89. The number of nitrogens with one attached hydrogen (secondary N) is 1. The predicted octanol–water partition coefficient (Wildman–Crippen LogP) is 4.90. The Morgan fingerprint density at radius 3 is 2.33 bits per heavy atom. The molecule has 1 N–H and O–H groups in total. The molecule has 3 nitrogen and oxygen atoms in total. The fraction of sp³-hybridized carbons (Fsp3) is 0.600. The van der Waals surface area contributed by atoms with Crippen molar-refractivity contribution in [3.05, 3.63) is 34.3 Å². The third kappa shape index (κ3) is 2.83. The lowest BCUT2D eigenvalue weighted by atomic mass is 9.40. The van der Waals surface area contributed by atoms with Crippen molar-refractivity contribution >= 4 is 28.1 Å². The number of hydrazone groups is 1. The Morgan fingerprint density at radius 2 is 1.75 bits per heavy atom. The van der Waals surface area contributed by atoms with Gasteiger partial charge in [0.1, 0.15) is 0 Å². The Balaban J connectivity index is 1.49. The maximum absolute atomic E-state index is 13.0. The van der Waals surface area contributed by atoms with Crippen molar-refractivity contribution in [2.45, 2.75) is 52.4 Å². The smallest absolute Gasteiger partial charge is 0.246 e. The average Bonchev–Trinajstić information content (AvgIpc) is 2.45. The van der Waals surface area contributed by atoms with Crippen molar-refractivity contribution < 1.29 is 4.79 Å². The highest BCUT2D eigenvalue weighted by atomic mass is 79.9. The highest BCUT2D eigenvalue weighted by Gasteiger charge is 2.62. The molecule has 0 aliphatic heterocycles. The van der Waals surface area contributed by atoms with Crippen LogP contribution in [-0.4, -0.2) is 12.1 Å². The topological polar surface area (TPSA) is 41.5 Å². The van der Waals surface area contributed by atoms with E-state index in [2.05, 4.69) is 40.3 Å². The fourth-order valence-corrected chi connectivity index (χ4v) is 6.80. The van der Waals surface area contributed by atoms with Crippen LogP contribution in [0.2, 0.25) is 0 Å². The van der Waals surface area contributed by atoms with Gasteiger partial charge in [0.05, 0.1) is 11.6 Å². The summed E-state index contributed by atoms with van der Waals surface area (Å²) in [7, 11) is 0. The Kier molecular flexibility index (Phi) is 3.68. The van der Waals surface area contributed by atoms with Crippen LogP contribution in [0.25, 0.3) is 0 Å². The van der Waals surface area contributed by atoms with E-state index < -0.39 is 0 Å². The SMILES string of the molecule is C[C@]12CC3CC(C(=O)N/N=C\c4ccc(Br)cc4)(C1)C[C@@](C)(C3)C2. The van der Waals surface area contributed by atoms with Gasteiger partial charge >= 0.3 is 0 Å². The lowest BCUT2D eigenvalue weighted by Gasteiger charge is -2.64. The van der Waals surface area contributed by atoms with Gasteiger partial charge in [0.2, 0.25) is 5.91 Å². The number of nitrogens with zero attached hydrogens (tertiary/aromatic N) is 1. The van der Waals surface area contributed by atoms with Crippen molar-refractivity contribution in [2.24, 2.45) is 27.3 Å². The molecule has 0 saturated heterocycles. The molecule has 5 rings (SSSR count). The monoisotopic (exact) mass is 388 g/mol. The van der Waals surface area contributed by atoms with Gasteiger partial charge in [-0.1, -0.05) is 41.9 Å². The molecular weight excluding hydrogens is 364 g/mol. The van der Waals surface area contributed by atoms with E-state index in [9.17, 15) is 4.79 Å². The molecule has 1 amide bonds. The van der Waals surface area contributed by atoms with E-state index in [-0.39, 0.29) is 11.3 Å². The summed E-state index contributed by atoms with van der Waals surface area (Å²) in [4.78, 5) is 13.0. The summed E-state index contributed by atoms with van der Waals surface area (Å²) in [6.45, 7) is 4.78. The average molecular weight is 389 g/mol. The molecule has 24 heavy (non-hydrogen) atoms. The molecular formula is C20H25BrN2O. The quantitative estimate of drug-likeness (QED) is 0.580. The molecule has 2 unspecified atom stereocenters. The molecule has 1 aromatic rings. The van der Waals surface area contributed by atoms with Gasteiger partial charge in [-0.2, -0.15) is 5.10 Å². The van der Waals surface area contributed by atoms with Crippen molar-refractivity contribution in [3.63, 3.8) is 0 Å². The van der Waals surface area contributed by atoms with Gasteiger partial charge < -0.3 is 0 Å². The largest absolute Gasteiger partial charge is 0.273 e. The van der Waals surface area contributed by atoms with Gasteiger partial charge in [-0.05, 0) is 73.0 Å². The van der Waals surface area contributed by atoms with Gasteiger partial charge in [-0.15, -0.1) is 0 Å². The first kappa shape index (κ1) is 16.3. The summed E-state index contributed by atoms with van der Waals surface area (Å²) in [5, 5.41) is 4.23. The van der Waals surface area contributed by atoms with Crippen LogP contribution >= 0.6 is 15.9 Å². The molecule has 4 saturated carbocycles. The molecule has 1 aromatic carbocycles.